The van der Waals surface area contributed by atoms with Crippen molar-refractivity contribution in [2.45, 2.75) is 50.6 Å². The van der Waals surface area contributed by atoms with E-state index in [-0.39, 0.29) is 23.7 Å². The molecule has 11 heteroatoms. The lowest BCUT2D eigenvalue weighted by molar-refractivity contribution is -0.137. The van der Waals surface area contributed by atoms with Crippen LogP contribution in [0.5, 0.6) is 5.88 Å². The first-order chi connectivity index (χ1) is 18.8. The van der Waals surface area contributed by atoms with Crippen molar-refractivity contribution < 1.29 is 22.7 Å². The first kappa shape index (κ1) is 26.9. The van der Waals surface area contributed by atoms with Gasteiger partial charge in [-0.3, -0.25) is 14.7 Å². The highest BCUT2D eigenvalue weighted by atomic mass is 19.4. The average Bonchev–Trinajstić information content (AvgIpc) is 2.95. The molecule has 0 radical (unpaired) electrons. The van der Waals surface area contributed by atoms with Crippen LogP contribution in [0.2, 0.25) is 0 Å². The highest BCUT2D eigenvalue weighted by molar-refractivity contribution is 5.92. The number of aromatic nitrogens is 3. The van der Waals surface area contributed by atoms with Crippen molar-refractivity contribution in [1.29, 1.82) is 0 Å². The molecule has 2 aromatic heterocycles. The number of carbonyl (C=O) groups is 1. The van der Waals surface area contributed by atoms with Crippen LogP contribution in [0.4, 0.5) is 18.9 Å². The van der Waals surface area contributed by atoms with Crippen LogP contribution in [0.1, 0.15) is 47.3 Å². The Labute approximate surface area is 225 Å². The van der Waals surface area contributed by atoms with Crippen LogP contribution < -0.4 is 15.0 Å². The number of pyridine rings is 1. The van der Waals surface area contributed by atoms with Crippen molar-refractivity contribution in [3.8, 4) is 5.88 Å². The molecule has 39 heavy (non-hydrogen) atoms. The predicted octanol–water partition coefficient (Wildman–Crippen LogP) is 4.33. The second-order valence-corrected chi connectivity index (χ2v) is 9.97. The van der Waals surface area contributed by atoms with Gasteiger partial charge in [0.1, 0.15) is 11.8 Å². The molecule has 0 unspecified atom stereocenters. The van der Waals surface area contributed by atoms with Crippen LogP contribution in [0, 0.1) is 0 Å². The van der Waals surface area contributed by atoms with E-state index in [1.165, 1.54) is 30.1 Å². The van der Waals surface area contributed by atoms with E-state index in [9.17, 15) is 18.0 Å². The van der Waals surface area contributed by atoms with Gasteiger partial charge in [-0.1, -0.05) is 0 Å². The van der Waals surface area contributed by atoms with Gasteiger partial charge < -0.3 is 15.0 Å². The van der Waals surface area contributed by atoms with Crippen LogP contribution in [-0.2, 0) is 12.7 Å². The Morgan fingerprint density at radius 3 is 2.23 bits per heavy atom. The molecule has 0 spiro atoms. The number of hydrogen-bond donors (Lipinski definition) is 1. The molecule has 0 saturated carbocycles. The minimum Gasteiger partial charge on any atom is -0.473 e. The van der Waals surface area contributed by atoms with Crippen molar-refractivity contribution in [1.82, 2.24) is 25.2 Å². The highest BCUT2D eigenvalue weighted by Gasteiger charge is 2.30. The van der Waals surface area contributed by atoms with E-state index in [1.54, 1.807) is 12.4 Å². The van der Waals surface area contributed by atoms with Gasteiger partial charge in [-0.2, -0.15) is 13.2 Å². The third-order valence-corrected chi connectivity index (χ3v) is 7.23. The number of nitrogens with one attached hydrogen (secondary N) is 1. The molecule has 2 aliphatic rings. The molecule has 2 fully saturated rings. The molecule has 0 bridgehead atoms. The molecule has 206 valence electrons. The zero-order valence-corrected chi connectivity index (χ0v) is 21.5. The van der Waals surface area contributed by atoms with Crippen molar-refractivity contribution in [3.05, 3.63) is 78.0 Å². The standard InChI is InChI=1S/C28H31F3N6O2/c29-28(30,31)21-1-3-23(4-2-21)37-15-9-24(10-16-37)39-26-18-33-25(17-34-26)27(38)35-22-7-13-36(14-8-22)19-20-5-11-32-12-6-20/h1-6,11-12,17-18,22,24H,7-10,13-16,19H2,(H,35,38). The van der Waals surface area contributed by atoms with Gasteiger partial charge in [0.05, 0.1) is 18.0 Å². The first-order valence-corrected chi connectivity index (χ1v) is 13.2. The molecule has 2 aliphatic heterocycles. The van der Waals surface area contributed by atoms with Gasteiger partial charge in [-0.05, 0) is 54.8 Å². The highest BCUT2D eigenvalue weighted by Crippen LogP contribution is 2.31. The lowest BCUT2D eigenvalue weighted by Gasteiger charge is -2.33. The van der Waals surface area contributed by atoms with Crippen LogP contribution in [0.15, 0.2) is 61.2 Å². The summed E-state index contributed by atoms with van der Waals surface area (Å²) in [5.74, 6) is 0.107. The number of nitrogens with zero attached hydrogens (tertiary/aromatic N) is 5. The summed E-state index contributed by atoms with van der Waals surface area (Å²) in [7, 11) is 0. The summed E-state index contributed by atoms with van der Waals surface area (Å²) in [4.78, 5) is 29.7. The summed E-state index contributed by atoms with van der Waals surface area (Å²) < 4.78 is 44.4. The number of alkyl halides is 3. The number of anilines is 1. The lowest BCUT2D eigenvalue weighted by atomic mass is 10.0. The fourth-order valence-electron chi connectivity index (χ4n) is 5.00. The molecule has 8 nitrogen and oxygen atoms in total. The maximum atomic E-state index is 12.8. The molecule has 2 saturated heterocycles. The van der Waals surface area contributed by atoms with E-state index in [1.807, 2.05) is 17.0 Å². The molecule has 1 N–H and O–H groups in total. The van der Waals surface area contributed by atoms with E-state index >= 15 is 0 Å². The fourth-order valence-corrected chi connectivity index (χ4v) is 5.00. The van der Waals surface area contributed by atoms with E-state index < -0.39 is 11.7 Å². The third kappa shape index (κ3) is 7.23. The monoisotopic (exact) mass is 540 g/mol. The number of halogens is 3. The molecule has 0 atom stereocenters. The van der Waals surface area contributed by atoms with Gasteiger partial charge >= 0.3 is 6.18 Å². The summed E-state index contributed by atoms with van der Waals surface area (Å²) in [6.45, 7) is 4.01. The third-order valence-electron chi connectivity index (χ3n) is 7.23. The Morgan fingerprint density at radius 2 is 1.62 bits per heavy atom. The van der Waals surface area contributed by atoms with Gasteiger partial charge in [0, 0.05) is 69.7 Å². The Bertz CT molecular complexity index is 1210. The maximum Gasteiger partial charge on any atom is 0.416 e. The maximum absolute atomic E-state index is 12.8. The SMILES string of the molecule is O=C(NC1CCN(Cc2ccncc2)CC1)c1cnc(OC2CCN(c3ccc(C(F)(F)F)cc3)CC2)cn1. The Balaban J connectivity index is 1.04. The number of ether oxygens (including phenoxy) is 1. The van der Waals surface area contributed by atoms with Crippen molar-refractivity contribution in [2.75, 3.05) is 31.1 Å². The number of likely N-dealkylation sites (tertiary alicyclic amines) is 1. The summed E-state index contributed by atoms with van der Waals surface area (Å²) in [6, 6.07) is 9.37. The van der Waals surface area contributed by atoms with Crippen LogP contribution >= 0.6 is 0 Å². The van der Waals surface area contributed by atoms with Crippen LogP contribution in [0.25, 0.3) is 0 Å². The smallest absolute Gasteiger partial charge is 0.416 e. The van der Waals surface area contributed by atoms with E-state index in [2.05, 4.69) is 25.2 Å². The lowest BCUT2D eigenvalue weighted by Crippen LogP contribution is -2.44. The molecule has 0 aliphatic carbocycles. The molecule has 1 aromatic carbocycles. The summed E-state index contributed by atoms with van der Waals surface area (Å²) in [5.41, 5.74) is 1.59. The minimum atomic E-state index is -4.34. The van der Waals surface area contributed by atoms with Crippen LogP contribution in [0.3, 0.4) is 0 Å². The number of hydrogen-bond acceptors (Lipinski definition) is 7. The van der Waals surface area contributed by atoms with E-state index in [4.69, 9.17) is 4.74 Å². The van der Waals surface area contributed by atoms with Crippen LogP contribution in [-0.4, -0.2) is 64.1 Å². The van der Waals surface area contributed by atoms with Crippen molar-refractivity contribution >= 4 is 11.6 Å². The van der Waals surface area contributed by atoms with Gasteiger partial charge in [0.25, 0.3) is 5.91 Å². The van der Waals surface area contributed by atoms with Gasteiger partial charge in [0.2, 0.25) is 5.88 Å². The van der Waals surface area contributed by atoms with Crippen molar-refractivity contribution in [2.24, 2.45) is 0 Å². The zero-order valence-electron chi connectivity index (χ0n) is 21.5. The molecule has 4 heterocycles. The molecule has 5 rings (SSSR count). The molecular weight excluding hydrogens is 509 g/mol. The predicted molar refractivity (Wildman–Crippen MR) is 139 cm³/mol. The first-order valence-electron chi connectivity index (χ1n) is 13.2. The number of carbonyl (C=O) groups excluding carboxylic acids is 1. The average molecular weight is 541 g/mol. The second kappa shape index (κ2) is 12.0. The molecule has 3 aromatic rings. The van der Waals surface area contributed by atoms with E-state index in [0.29, 0.717) is 31.8 Å². The largest absolute Gasteiger partial charge is 0.473 e. The van der Waals surface area contributed by atoms with Gasteiger partial charge in [0.15, 0.2) is 0 Å². The normalized spacial score (nSPS) is 17.7. The number of amides is 1. The van der Waals surface area contributed by atoms with Gasteiger partial charge in [-0.25, -0.2) is 9.97 Å². The summed E-state index contributed by atoms with van der Waals surface area (Å²) in [5, 5.41) is 3.07. The minimum absolute atomic E-state index is 0.0815. The topological polar surface area (TPSA) is 83.5 Å². The van der Waals surface area contributed by atoms with E-state index in [0.717, 1.165) is 50.3 Å². The second-order valence-electron chi connectivity index (χ2n) is 9.97. The molecule has 1 amide bonds. The number of piperidine rings is 2. The molecular formula is C28H31F3N6O2. The number of benzene rings is 1. The summed E-state index contributed by atoms with van der Waals surface area (Å²) in [6.07, 6.45) is 5.22. The van der Waals surface area contributed by atoms with Gasteiger partial charge in [-0.15, -0.1) is 0 Å². The van der Waals surface area contributed by atoms with Crippen molar-refractivity contribution in [3.63, 3.8) is 0 Å². The quantitative estimate of drug-likeness (QED) is 0.478. The zero-order chi connectivity index (χ0) is 27.2. The fraction of sp³-hybridized carbons (Fsp3) is 0.429. The Hall–Kier alpha value is -3.73. The number of rotatable bonds is 7. The summed E-state index contributed by atoms with van der Waals surface area (Å²) >= 11 is 0. The Kier molecular flexibility index (Phi) is 8.25. The Morgan fingerprint density at radius 1 is 0.923 bits per heavy atom.